The van der Waals surface area contributed by atoms with Crippen LogP contribution < -0.4 is 5.56 Å². The largest absolute Gasteiger partial charge is 0.456 e. The average Bonchev–Trinajstić information content (AvgIpc) is 3.12. The van der Waals surface area contributed by atoms with Crippen molar-refractivity contribution in [2.45, 2.75) is 20.1 Å². The second kappa shape index (κ2) is 8.58. The van der Waals surface area contributed by atoms with Crippen LogP contribution in [0.2, 0.25) is 0 Å². The molecule has 138 valence electrons. The van der Waals surface area contributed by atoms with Gasteiger partial charge in [-0.3, -0.25) is 9.36 Å². The summed E-state index contributed by atoms with van der Waals surface area (Å²) in [6.45, 7) is 1.63. The topological polar surface area (TPSA) is 94.2 Å². The smallest absolute Gasteiger partial charge is 0.332 e. The Balaban J connectivity index is 2.01. The Morgan fingerprint density at radius 1 is 1.33 bits per heavy atom. The molecule has 0 fully saturated rings. The van der Waals surface area contributed by atoms with Crippen LogP contribution in [-0.2, 0) is 27.4 Å². The van der Waals surface area contributed by atoms with Crippen LogP contribution in [0.3, 0.4) is 0 Å². The molecule has 0 spiro atoms. The van der Waals surface area contributed by atoms with Crippen LogP contribution in [0.4, 0.5) is 0 Å². The van der Waals surface area contributed by atoms with Crippen molar-refractivity contribution >= 4 is 27.5 Å². The molecule has 0 N–H and O–H groups in total. The van der Waals surface area contributed by atoms with E-state index >= 15 is 0 Å². The van der Waals surface area contributed by atoms with Crippen molar-refractivity contribution in [2.24, 2.45) is 0 Å². The number of nitriles is 1. The number of ether oxygens (including phenoxy) is 2. The summed E-state index contributed by atoms with van der Waals surface area (Å²) in [5, 5.41) is 11.4. The van der Waals surface area contributed by atoms with Crippen LogP contribution >= 0.6 is 11.3 Å². The maximum Gasteiger partial charge on any atom is 0.332 e. The molecule has 0 saturated heterocycles. The molecular formula is C19H17N3O4S. The predicted molar refractivity (Wildman–Crippen MR) is 101 cm³/mol. The first-order valence-electron chi connectivity index (χ1n) is 8.32. The van der Waals surface area contributed by atoms with Gasteiger partial charge in [-0.1, -0.05) is 30.3 Å². The Kier molecular flexibility index (Phi) is 5.96. The van der Waals surface area contributed by atoms with E-state index in [0.717, 1.165) is 11.1 Å². The summed E-state index contributed by atoms with van der Waals surface area (Å²) in [5.41, 5.74) is 1.36. The monoisotopic (exact) mass is 383 g/mol. The lowest BCUT2D eigenvalue weighted by molar-refractivity contribution is -0.150. The van der Waals surface area contributed by atoms with Crippen LogP contribution in [0, 0.1) is 11.3 Å². The first-order chi connectivity index (χ1) is 13.2. The molecule has 0 amide bonds. The molecule has 0 aliphatic heterocycles. The minimum atomic E-state index is -0.550. The molecule has 0 radical (unpaired) electrons. The lowest BCUT2D eigenvalue weighted by atomic mass is 10.1. The van der Waals surface area contributed by atoms with Gasteiger partial charge in [-0.15, -0.1) is 11.3 Å². The Morgan fingerprint density at radius 3 is 2.81 bits per heavy atom. The number of rotatable bonds is 7. The van der Waals surface area contributed by atoms with Gasteiger partial charge >= 0.3 is 5.97 Å². The Bertz CT molecular complexity index is 1050. The van der Waals surface area contributed by atoms with Crippen molar-refractivity contribution in [1.29, 1.82) is 5.26 Å². The normalized spacial score (nSPS) is 10.7. The van der Waals surface area contributed by atoms with Crippen molar-refractivity contribution < 1.29 is 14.3 Å². The SMILES string of the molecule is CCOCC(=O)OCc1nc2scc(-c3ccccc3)c2c(=O)n1CC#N. The molecule has 8 heteroatoms. The summed E-state index contributed by atoms with van der Waals surface area (Å²) in [4.78, 5) is 29.7. The van der Waals surface area contributed by atoms with Crippen molar-refractivity contribution in [3.8, 4) is 17.2 Å². The van der Waals surface area contributed by atoms with Gasteiger partial charge in [-0.05, 0) is 12.5 Å². The molecular weight excluding hydrogens is 366 g/mol. The lowest BCUT2D eigenvalue weighted by Crippen LogP contribution is -2.26. The van der Waals surface area contributed by atoms with E-state index < -0.39 is 5.97 Å². The first-order valence-corrected chi connectivity index (χ1v) is 9.20. The molecule has 0 saturated carbocycles. The quantitative estimate of drug-likeness (QED) is 0.582. The Hall–Kier alpha value is -3.02. The van der Waals surface area contributed by atoms with Gasteiger partial charge in [-0.2, -0.15) is 5.26 Å². The molecule has 3 aromatic rings. The molecule has 2 aromatic heterocycles. The zero-order chi connectivity index (χ0) is 19.2. The summed E-state index contributed by atoms with van der Waals surface area (Å²) >= 11 is 1.34. The van der Waals surface area contributed by atoms with Gasteiger partial charge < -0.3 is 9.47 Å². The molecule has 0 unspecified atom stereocenters. The van der Waals surface area contributed by atoms with Crippen LogP contribution in [-0.4, -0.2) is 28.7 Å². The standard InChI is InChI=1S/C19H17N3O4S/c1-2-25-11-16(23)26-10-15-21-18-17(19(24)22(15)9-8-20)14(12-27-18)13-6-4-3-5-7-13/h3-7,12H,2,9-11H2,1H3. The van der Waals surface area contributed by atoms with Crippen LogP contribution in [0.1, 0.15) is 12.7 Å². The van der Waals surface area contributed by atoms with Gasteiger partial charge in [0.15, 0.2) is 5.82 Å². The number of nitrogens with zero attached hydrogens (tertiary/aromatic N) is 3. The number of aromatic nitrogens is 2. The third-order valence-corrected chi connectivity index (χ3v) is 4.74. The third-order valence-electron chi connectivity index (χ3n) is 3.87. The van der Waals surface area contributed by atoms with Gasteiger partial charge in [0.25, 0.3) is 5.56 Å². The maximum atomic E-state index is 13.0. The predicted octanol–water partition coefficient (Wildman–Crippen LogP) is 2.73. The van der Waals surface area contributed by atoms with E-state index in [-0.39, 0.29) is 31.1 Å². The number of carbonyl (C=O) groups excluding carboxylic acids is 1. The fourth-order valence-electron chi connectivity index (χ4n) is 2.61. The molecule has 7 nitrogen and oxygen atoms in total. The summed E-state index contributed by atoms with van der Waals surface area (Å²) < 4.78 is 11.4. The number of fused-ring (bicyclic) bond motifs is 1. The number of hydrogen-bond acceptors (Lipinski definition) is 7. The van der Waals surface area contributed by atoms with Gasteiger partial charge in [0.2, 0.25) is 0 Å². The molecule has 1 aromatic carbocycles. The number of hydrogen-bond donors (Lipinski definition) is 0. The van der Waals surface area contributed by atoms with Crippen molar-refractivity contribution in [1.82, 2.24) is 9.55 Å². The second-order valence-corrected chi connectivity index (χ2v) is 6.43. The Morgan fingerprint density at radius 2 is 2.11 bits per heavy atom. The van der Waals surface area contributed by atoms with Gasteiger partial charge in [0.1, 0.15) is 24.6 Å². The molecule has 0 aliphatic carbocycles. The van der Waals surface area contributed by atoms with E-state index in [9.17, 15) is 9.59 Å². The van der Waals surface area contributed by atoms with Crippen LogP contribution in [0.5, 0.6) is 0 Å². The highest BCUT2D eigenvalue weighted by Gasteiger charge is 2.18. The van der Waals surface area contributed by atoms with E-state index in [4.69, 9.17) is 14.7 Å². The molecule has 0 atom stereocenters. The number of esters is 1. The van der Waals surface area contributed by atoms with E-state index in [1.807, 2.05) is 41.8 Å². The molecule has 3 rings (SSSR count). The Labute approximate surface area is 159 Å². The lowest BCUT2D eigenvalue weighted by Gasteiger charge is -2.10. The summed E-state index contributed by atoms with van der Waals surface area (Å²) in [7, 11) is 0. The third kappa shape index (κ3) is 4.05. The second-order valence-electron chi connectivity index (χ2n) is 5.57. The minimum Gasteiger partial charge on any atom is -0.456 e. The fraction of sp³-hybridized carbons (Fsp3) is 0.263. The molecule has 0 aliphatic rings. The average molecular weight is 383 g/mol. The van der Waals surface area contributed by atoms with Gasteiger partial charge in [-0.25, -0.2) is 9.78 Å². The first kappa shape index (κ1) is 18.8. The highest BCUT2D eigenvalue weighted by Crippen LogP contribution is 2.30. The zero-order valence-electron chi connectivity index (χ0n) is 14.7. The highest BCUT2D eigenvalue weighted by molar-refractivity contribution is 7.17. The fourth-order valence-corrected chi connectivity index (χ4v) is 3.57. The number of benzene rings is 1. The minimum absolute atomic E-state index is 0.168. The van der Waals surface area contributed by atoms with E-state index in [0.29, 0.717) is 16.8 Å². The van der Waals surface area contributed by atoms with Crippen LogP contribution in [0.25, 0.3) is 21.3 Å². The van der Waals surface area contributed by atoms with E-state index in [2.05, 4.69) is 4.98 Å². The molecule has 27 heavy (non-hydrogen) atoms. The maximum absolute atomic E-state index is 13.0. The van der Waals surface area contributed by atoms with E-state index in [1.165, 1.54) is 15.9 Å². The molecule has 0 bridgehead atoms. The highest BCUT2D eigenvalue weighted by atomic mass is 32.1. The van der Waals surface area contributed by atoms with Crippen molar-refractivity contribution in [2.75, 3.05) is 13.2 Å². The summed E-state index contributed by atoms with van der Waals surface area (Å²) in [5.74, 6) is -0.314. The van der Waals surface area contributed by atoms with Crippen LogP contribution in [0.15, 0.2) is 40.5 Å². The van der Waals surface area contributed by atoms with Crippen molar-refractivity contribution in [3.63, 3.8) is 0 Å². The van der Waals surface area contributed by atoms with Crippen molar-refractivity contribution in [3.05, 3.63) is 51.9 Å². The van der Waals surface area contributed by atoms with E-state index in [1.54, 1.807) is 6.92 Å². The number of carbonyl (C=O) groups is 1. The zero-order valence-corrected chi connectivity index (χ0v) is 15.5. The summed E-state index contributed by atoms with van der Waals surface area (Å²) in [6.07, 6.45) is 0. The summed E-state index contributed by atoms with van der Waals surface area (Å²) in [6, 6.07) is 11.5. The molecule has 2 heterocycles. The number of thiophene rings is 1. The van der Waals surface area contributed by atoms with Gasteiger partial charge in [0.05, 0.1) is 11.5 Å². The van der Waals surface area contributed by atoms with Gasteiger partial charge in [0, 0.05) is 17.6 Å².